The normalized spacial score (nSPS) is 18.1. The molecule has 0 radical (unpaired) electrons. The highest BCUT2D eigenvalue weighted by molar-refractivity contribution is 7.12. The van der Waals surface area contributed by atoms with E-state index in [1.165, 1.54) is 11.3 Å². The number of imidazole rings is 1. The molecule has 40 heavy (non-hydrogen) atoms. The quantitative estimate of drug-likeness (QED) is 0.266. The number of carbonyl (C=O) groups is 2. The van der Waals surface area contributed by atoms with Crippen LogP contribution in [0.1, 0.15) is 69.2 Å². The van der Waals surface area contributed by atoms with Crippen molar-refractivity contribution in [2.24, 2.45) is 0 Å². The minimum Gasteiger partial charge on any atom is -0.478 e. The van der Waals surface area contributed by atoms with Crippen LogP contribution in [0.2, 0.25) is 0 Å². The van der Waals surface area contributed by atoms with Crippen molar-refractivity contribution < 1.29 is 24.2 Å². The van der Waals surface area contributed by atoms with Gasteiger partial charge in [0, 0.05) is 29.8 Å². The number of pyridine rings is 1. The van der Waals surface area contributed by atoms with Gasteiger partial charge < -0.3 is 19.1 Å². The van der Waals surface area contributed by atoms with Gasteiger partial charge in [-0.3, -0.25) is 9.69 Å². The fraction of sp³-hybridized carbons (Fsp3) is 0.400. The largest absolute Gasteiger partial charge is 0.478 e. The second-order valence-corrected chi connectivity index (χ2v) is 11.5. The molecule has 2 saturated heterocycles. The van der Waals surface area contributed by atoms with E-state index in [1.807, 2.05) is 23.6 Å². The monoisotopic (exact) mass is 560 g/mol. The number of thiophene rings is 1. The number of Topliss-reactive ketones (excluding diaryl/α,β-unsaturated/α-hetero) is 1. The van der Waals surface area contributed by atoms with Crippen LogP contribution in [0.5, 0.6) is 5.88 Å². The number of hydrogen-bond acceptors (Lipinski definition) is 8. The first-order valence-electron chi connectivity index (χ1n) is 13.7. The van der Waals surface area contributed by atoms with Gasteiger partial charge in [-0.05, 0) is 75.0 Å². The van der Waals surface area contributed by atoms with E-state index in [-0.39, 0.29) is 17.5 Å². The first kappa shape index (κ1) is 26.6. The minimum absolute atomic E-state index is 0.0691. The van der Waals surface area contributed by atoms with E-state index >= 15 is 0 Å². The number of nitrogens with zero attached hydrogens (tertiary/aromatic N) is 4. The Kier molecular flexibility index (Phi) is 7.64. The molecular formula is C30H32N4O5S. The lowest BCUT2D eigenvalue weighted by molar-refractivity contribution is -0.0592. The van der Waals surface area contributed by atoms with E-state index in [0.717, 1.165) is 72.0 Å². The van der Waals surface area contributed by atoms with Crippen LogP contribution >= 0.6 is 11.3 Å². The molecular weight excluding hydrogens is 528 g/mol. The Labute approximate surface area is 236 Å². The number of piperidine rings is 1. The number of carbonyl (C=O) groups excluding carboxylic acids is 1. The van der Waals surface area contributed by atoms with E-state index in [9.17, 15) is 14.7 Å². The van der Waals surface area contributed by atoms with Crippen LogP contribution in [0.15, 0.2) is 47.8 Å². The summed E-state index contributed by atoms with van der Waals surface area (Å²) in [5, 5.41) is 11.4. The molecule has 208 valence electrons. The molecule has 3 aromatic heterocycles. The summed E-state index contributed by atoms with van der Waals surface area (Å²) in [4.78, 5) is 36.0. The van der Waals surface area contributed by atoms with Gasteiger partial charge in [0.1, 0.15) is 12.4 Å². The lowest BCUT2D eigenvalue weighted by atomic mass is 9.93. The third kappa shape index (κ3) is 5.79. The predicted octanol–water partition coefficient (Wildman–Crippen LogP) is 5.14. The van der Waals surface area contributed by atoms with Crippen molar-refractivity contribution in [2.75, 3.05) is 19.7 Å². The number of ketones is 1. The number of carboxylic acid groups (broad SMARTS) is 1. The Balaban J connectivity index is 1.10. The molecule has 1 atom stereocenters. The molecule has 0 unspecified atom stereocenters. The number of carboxylic acids is 1. The highest BCUT2D eigenvalue weighted by Gasteiger charge is 2.26. The summed E-state index contributed by atoms with van der Waals surface area (Å²) in [6.45, 7) is 5.96. The van der Waals surface area contributed by atoms with Crippen LogP contribution in [0.3, 0.4) is 0 Å². The van der Waals surface area contributed by atoms with Crippen LogP contribution in [0, 0.1) is 0 Å². The van der Waals surface area contributed by atoms with Crippen molar-refractivity contribution in [2.45, 2.75) is 57.9 Å². The average molecular weight is 561 g/mol. The van der Waals surface area contributed by atoms with Gasteiger partial charge in [0.05, 0.1) is 40.7 Å². The molecule has 2 aliphatic rings. The Morgan fingerprint density at radius 2 is 1.95 bits per heavy atom. The van der Waals surface area contributed by atoms with Gasteiger partial charge in [-0.1, -0.05) is 6.07 Å². The zero-order valence-corrected chi connectivity index (χ0v) is 23.2. The van der Waals surface area contributed by atoms with Crippen molar-refractivity contribution in [1.29, 1.82) is 0 Å². The fourth-order valence-corrected chi connectivity index (χ4v) is 6.18. The summed E-state index contributed by atoms with van der Waals surface area (Å²) >= 11 is 1.44. The summed E-state index contributed by atoms with van der Waals surface area (Å²) < 4.78 is 13.8. The standard InChI is InChI=1S/C30H32N4O5S/c1-19(35)27-13-20(18-40-27)17-39-29-4-2-3-24(32-29)21-7-10-33(11-8-21)16-28-31-25-6-5-22(30(36)37)14-26(25)34(28)15-23-9-12-38-23/h2-6,13-14,18,21,23H,7-12,15-17H2,1H3,(H,36,37)/t23-/m0/s1. The molecule has 0 spiro atoms. The summed E-state index contributed by atoms with van der Waals surface area (Å²) in [5.74, 6) is 1.03. The highest BCUT2D eigenvalue weighted by Crippen LogP contribution is 2.30. The van der Waals surface area contributed by atoms with Crippen LogP contribution in [0.4, 0.5) is 0 Å². The summed E-state index contributed by atoms with van der Waals surface area (Å²) in [6.07, 6.45) is 3.12. The van der Waals surface area contributed by atoms with Gasteiger partial charge in [0.25, 0.3) is 0 Å². The number of benzene rings is 1. The van der Waals surface area contributed by atoms with Gasteiger partial charge in [-0.25, -0.2) is 14.8 Å². The van der Waals surface area contributed by atoms with Crippen LogP contribution < -0.4 is 4.74 Å². The first-order chi connectivity index (χ1) is 19.4. The van der Waals surface area contributed by atoms with Crippen LogP contribution in [0.25, 0.3) is 11.0 Å². The highest BCUT2D eigenvalue weighted by atomic mass is 32.1. The molecule has 4 aromatic rings. The topological polar surface area (TPSA) is 107 Å². The molecule has 5 heterocycles. The van der Waals surface area contributed by atoms with Crippen molar-refractivity contribution in [3.8, 4) is 5.88 Å². The minimum atomic E-state index is -0.935. The number of aromatic nitrogens is 3. The van der Waals surface area contributed by atoms with E-state index in [2.05, 4.69) is 15.5 Å². The molecule has 10 heteroatoms. The number of hydrogen-bond donors (Lipinski definition) is 1. The lowest BCUT2D eigenvalue weighted by Gasteiger charge is -2.32. The lowest BCUT2D eigenvalue weighted by Crippen LogP contribution is -2.35. The maximum absolute atomic E-state index is 11.6. The summed E-state index contributed by atoms with van der Waals surface area (Å²) in [5.41, 5.74) is 3.95. The van der Waals surface area contributed by atoms with E-state index in [4.69, 9.17) is 19.4 Å². The smallest absolute Gasteiger partial charge is 0.335 e. The molecule has 9 nitrogen and oxygen atoms in total. The average Bonchev–Trinajstić information content (AvgIpc) is 3.54. The van der Waals surface area contributed by atoms with Crippen molar-refractivity contribution in [3.05, 3.63) is 75.4 Å². The number of ether oxygens (including phenoxy) is 2. The van der Waals surface area contributed by atoms with Crippen molar-refractivity contribution in [1.82, 2.24) is 19.4 Å². The van der Waals surface area contributed by atoms with E-state index < -0.39 is 5.97 Å². The maximum Gasteiger partial charge on any atom is 0.335 e. The maximum atomic E-state index is 11.6. The molecule has 1 aromatic carbocycles. The number of rotatable bonds is 10. The third-order valence-electron chi connectivity index (χ3n) is 7.76. The Morgan fingerprint density at radius 3 is 2.65 bits per heavy atom. The molecule has 1 N–H and O–H groups in total. The van der Waals surface area contributed by atoms with Crippen LogP contribution in [-0.4, -0.2) is 62.1 Å². The van der Waals surface area contributed by atoms with Crippen molar-refractivity contribution in [3.63, 3.8) is 0 Å². The zero-order chi connectivity index (χ0) is 27.6. The molecule has 0 bridgehead atoms. The Morgan fingerprint density at radius 1 is 1.12 bits per heavy atom. The first-order valence-corrected chi connectivity index (χ1v) is 14.6. The van der Waals surface area contributed by atoms with E-state index in [0.29, 0.717) is 31.5 Å². The fourth-order valence-electron chi connectivity index (χ4n) is 5.38. The van der Waals surface area contributed by atoms with Crippen molar-refractivity contribution >= 4 is 34.1 Å². The van der Waals surface area contributed by atoms with Gasteiger partial charge in [-0.2, -0.15) is 0 Å². The van der Waals surface area contributed by atoms with Gasteiger partial charge >= 0.3 is 5.97 Å². The Hall–Kier alpha value is -3.60. The predicted molar refractivity (Wildman–Crippen MR) is 151 cm³/mol. The zero-order valence-electron chi connectivity index (χ0n) is 22.4. The summed E-state index contributed by atoms with van der Waals surface area (Å²) in [7, 11) is 0. The summed E-state index contributed by atoms with van der Waals surface area (Å²) in [6, 6.07) is 13.0. The van der Waals surface area contributed by atoms with Crippen LogP contribution in [-0.2, 0) is 24.4 Å². The van der Waals surface area contributed by atoms with Gasteiger partial charge in [0.15, 0.2) is 5.78 Å². The molecule has 2 fully saturated rings. The number of likely N-dealkylation sites (tertiary alicyclic amines) is 1. The molecule has 2 aliphatic heterocycles. The second-order valence-electron chi connectivity index (χ2n) is 10.5. The third-order valence-corrected chi connectivity index (χ3v) is 8.84. The molecule has 6 rings (SSSR count). The molecule has 0 saturated carbocycles. The number of aromatic carboxylic acids is 1. The molecule has 0 aliphatic carbocycles. The van der Waals surface area contributed by atoms with Gasteiger partial charge in [-0.15, -0.1) is 11.3 Å². The number of fused-ring (bicyclic) bond motifs is 1. The molecule has 0 amide bonds. The second kappa shape index (κ2) is 11.5. The van der Waals surface area contributed by atoms with E-state index in [1.54, 1.807) is 25.1 Å². The Bertz CT molecular complexity index is 1530. The van der Waals surface area contributed by atoms with Gasteiger partial charge in [0.2, 0.25) is 5.88 Å². The SMILES string of the molecule is CC(=O)c1cc(COc2cccc(C3CCN(Cc4nc5ccc(C(=O)O)cc5n4C[C@@H]4CCO4)CC3)n2)cs1.